The molecule has 0 aliphatic carbocycles. The van der Waals surface area contributed by atoms with E-state index in [-0.39, 0.29) is 12.1 Å². The molecule has 1 aromatic carbocycles. The molecule has 0 bridgehead atoms. The largest absolute Gasteiger partial charge is 0.497 e. The minimum atomic E-state index is -0.229. The van der Waals surface area contributed by atoms with Crippen LogP contribution in [0.2, 0.25) is 0 Å². The first-order valence-corrected chi connectivity index (χ1v) is 7.21. The Morgan fingerprint density at radius 2 is 2.14 bits per heavy atom. The molecule has 0 saturated heterocycles. The summed E-state index contributed by atoms with van der Waals surface area (Å²) in [6, 6.07) is 7.26. The summed E-state index contributed by atoms with van der Waals surface area (Å²) in [7, 11) is 1.62. The minimum absolute atomic E-state index is 0.0127. The highest BCUT2D eigenvalue weighted by Gasteiger charge is 2.11. The van der Waals surface area contributed by atoms with Crippen LogP contribution in [-0.2, 0) is 6.42 Å². The van der Waals surface area contributed by atoms with E-state index in [1.54, 1.807) is 7.11 Å². The van der Waals surface area contributed by atoms with Crippen LogP contribution in [0, 0.1) is 13.8 Å². The van der Waals surface area contributed by atoms with Crippen LogP contribution in [-0.4, -0.2) is 29.4 Å². The second kappa shape index (κ2) is 6.98. The summed E-state index contributed by atoms with van der Waals surface area (Å²) in [5.74, 6) is 0.769. The fourth-order valence-electron chi connectivity index (χ4n) is 2.23. The van der Waals surface area contributed by atoms with Crippen molar-refractivity contribution < 1.29 is 9.53 Å². The minimum Gasteiger partial charge on any atom is -0.497 e. The van der Waals surface area contributed by atoms with Gasteiger partial charge in [0.15, 0.2) is 0 Å². The number of benzene rings is 1. The molecule has 6 nitrogen and oxygen atoms in total. The van der Waals surface area contributed by atoms with Gasteiger partial charge < -0.3 is 15.4 Å². The zero-order chi connectivity index (χ0) is 16.1. The standard InChI is InChI=1S/C16H22N4O2/c1-10-7-14(22-4)5-6-15(10)18-16(21)17-11(2)8-13-9-12(3)19-20-13/h5-7,9,11H,8H2,1-4H3,(H,19,20)(H2,17,18,21)/t11-/m0/s1. The zero-order valence-electron chi connectivity index (χ0n) is 13.4. The van der Waals surface area contributed by atoms with Crippen molar-refractivity contribution in [2.24, 2.45) is 0 Å². The third-order valence-corrected chi connectivity index (χ3v) is 3.33. The zero-order valence-corrected chi connectivity index (χ0v) is 13.4. The molecule has 1 atom stereocenters. The van der Waals surface area contributed by atoms with Gasteiger partial charge in [-0.25, -0.2) is 4.79 Å². The van der Waals surface area contributed by atoms with Gasteiger partial charge in [-0.3, -0.25) is 5.10 Å². The smallest absolute Gasteiger partial charge is 0.319 e. The highest BCUT2D eigenvalue weighted by atomic mass is 16.5. The number of carbonyl (C=O) groups is 1. The Labute approximate surface area is 130 Å². The molecule has 22 heavy (non-hydrogen) atoms. The van der Waals surface area contributed by atoms with Gasteiger partial charge in [-0.05, 0) is 50.6 Å². The lowest BCUT2D eigenvalue weighted by atomic mass is 10.2. The van der Waals surface area contributed by atoms with Gasteiger partial charge >= 0.3 is 6.03 Å². The van der Waals surface area contributed by atoms with E-state index in [1.165, 1.54) is 0 Å². The lowest BCUT2D eigenvalue weighted by molar-refractivity contribution is 0.249. The fourth-order valence-corrected chi connectivity index (χ4v) is 2.23. The predicted octanol–water partition coefficient (Wildman–Crippen LogP) is 2.79. The van der Waals surface area contributed by atoms with Gasteiger partial charge in [0.1, 0.15) is 5.75 Å². The quantitative estimate of drug-likeness (QED) is 0.794. The normalized spacial score (nSPS) is 11.8. The van der Waals surface area contributed by atoms with Crippen molar-refractivity contribution in [3.8, 4) is 5.75 Å². The molecule has 0 spiro atoms. The number of rotatable bonds is 5. The molecular weight excluding hydrogens is 280 g/mol. The van der Waals surface area contributed by atoms with Crippen molar-refractivity contribution >= 4 is 11.7 Å². The second-order valence-corrected chi connectivity index (χ2v) is 5.43. The third kappa shape index (κ3) is 4.25. The molecule has 0 aliphatic heterocycles. The molecule has 2 rings (SSSR count). The maximum atomic E-state index is 12.0. The van der Waals surface area contributed by atoms with Crippen LogP contribution in [0.15, 0.2) is 24.3 Å². The number of ether oxygens (including phenoxy) is 1. The Balaban J connectivity index is 1.89. The van der Waals surface area contributed by atoms with Gasteiger partial charge in [0.25, 0.3) is 0 Å². The number of hydrogen-bond donors (Lipinski definition) is 3. The molecule has 1 heterocycles. The Hall–Kier alpha value is -2.50. The lowest BCUT2D eigenvalue weighted by Crippen LogP contribution is -2.37. The molecule has 6 heteroatoms. The second-order valence-electron chi connectivity index (χ2n) is 5.43. The molecular formula is C16H22N4O2. The van der Waals surface area contributed by atoms with Crippen LogP contribution in [0.3, 0.4) is 0 Å². The van der Waals surface area contributed by atoms with Crippen LogP contribution in [0.5, 0.6) is 5.75 Å². The van der Waals surface area contributed by atoms with Crippen molar-refractivity contribution in [1.29, 1.82) is 0 Å². The Morgan fingerprint density at radius 3 is 2.73 bits per heavy atom. The van der Waals surface area contributed by atoms with E-state index in [1.807, 2.05) is 45.0 Å². The van der Waals surface area contributed by atoms with Gasteiger partial charge in [0.2, 0.25) is 0 Å². The number of H-pyrrole nitrogens is 1. The summed E-state index contributed by atoms with van der Waals surface area (Å²) in [4.78, 5) is 12.0. The summed E-state index contributed by atoms with van der Waals surface area (Å²) < 4.78 is 5.15. The van der Waals surface area contributed by atoms with E-state index in [0.29, 0.717) is 6.42 Å². The fraction of sp³-hybridized carbons (Fsp3) is 0.375. The molecule has 2 aromatic rings. The molecule has 3 N–H and O–H groups in total. The topological polar surface area (TPSA) is 79.0 Å². The van der Waals surface area contributed by atoms with Crippen molar-refractivity contribution in [1.82, 2.24) is 15.5 Å². The van der Waals surface area contributed by atoms with E-state index < -0.39 is 0 Å². The van der Waals surface area contributed by atoms with E-state index in [4.69, 9.17) is 4.74 Å². The predicted molar refractivity (Wildman–Crippen MR) is 86.4 cm³/mol. The van der Waals surface area contributed by atoms with E-state index in [0.717, 1.165) is 28.4 Å². The molecule has 0 aliphatic rings. The van der Waals surface area contributed by atoms with Gasteiger partial charge in [0.05, 0.1) is 12.8 Å². The first kappa shape index (κ1) is 15.9. The summed E-state index contributed by atoms with van der Waals surface area (Å²) in [6.07, 6.45) is 0.680. The van der Waals surface area contributed by atoms with E-state index in [2.05, 4.69) is 20.8 Å². The highest BCUT2D eigenvalue weighted by Crippen LogP contribution is 2.20. The van der Waals surface area contributed by atoms with Gasteiger partial charge in [-0.2, -0.15) is 5.10 Å². The van der Waals surface area contributed by atoms with Gasteiger partial charge in [0, 0.05) is 23.8 Å². The monoisotopic (exact) mass is 302 g/mol. The molecule has 1 aromatic heterocycles. The number of methoxy groups -OCH3 is 1. The SMILES string of the molecule is COc1ccc(NC(=O)N[C@@H](C)Cc2cc(C)[nH]n2)c(C)c1. The number of nitrogens with zero attached hydrogens (tertiary/aromatic N) is 1. The van der Waals surface area contributed by atoms with Crippen LogP contribution >= 0.6 is 0 Å². The molecule has 0 radical (unpaired) electrons. The lowest BCUT2D eigenvalue weighted by Gasteiger charge is -2.15. The summed E-state index contributed by atoms with van der Waals surface area (Å²) in [6.45, 7) is 5.83. The number of hydrogen-bond acceptors (Lipinski definition) is 3. The number of aryl methyl sites for hydroxylation is 2. The van der Waals surface area contributed by atoms with Crippen molar-refractivity contribution in [3.05, 3.63) is 41.2 Å². The number of aromatic amines is 1. The average molecular weight is 302 g/mol. The van der Waals surface area contributed by atoms with Crippen molar-refractivity contribution in [3.63, 3.8) is 0 Å². The molecule has 2 amide bonds. The number of aromatic nitrogens is 2. The highest BCUT2D eigenvalue weighted by molar-refractivity contribution is 5.90. The number of urea groups is 1. The van der Waals surface area contributed by atoms with Crippen molar-refractivity contribution in [2.45, 2.75) is 33.2 Å². The molecule has 118 valence electrons. The van der Waals surface area contributed by atoms with E-state index >= 15 is 0 Å². The van der Waals surface area contributed by atoms with Crippen LogP contribution < -0.4 is 15.4 Å². The van der Waals surface area contributed by atoms with Gasteiger partial charge in [-0.1, -0.05) is 0 Å². The molecule has 0 unspecified atom stereocenters. The Morgan fingerprint density at radius 1 is 1.36 bits per heavy atom. The van der Waals surface area contributed by atoms with Crippen molar-refractivity contribution in [2.75, 3.05) is 12.4 Å². The number of amides is 2. The maximum absolute atomic E-state index is 12.0. The summed E-state index contributed by atoms with van der Waals surface area (Å²) >= 11 is 0. The number of anilines is 1. The van der Waals surface area contributed by atoms with Gasteiger partial charge in [-0.15, -0.1) is 0 Å². The molecule has 0 fully saturated rings. The summed E-state index contributed by atoms with van der Waals surface area (Å²) in [5.41, 5.74) is 3.66. The molecule has 0 saturated carbocycles. The first-order chi connectivity index (χ1) is 10.5. The third-order valence-electron chi connectivity index (χ3n) is 3.33. The summed E-state index contributed by atoms with van der Waals surface area (Å²) in [5, 5.41) is 12.8. The maximum Gasteiger partial charge on any atom is 0.319 e. The number of nitrogens with one attached hydrogen (secondary N) is 3. The Kier molecular flexibility index (Phi) is 5.04. The van der Waals surface area contributed by atoms with Crippen LogP contribution in [0.25, 0.3) is 0 Å². The number of carbonyl (C=O) groups excluding carboxylic acids is 1. The van der Waals surface area contributed by atoms with E-state index in [9.17, 15) is 4.79 Å². The van der Waals surface area contributed by atoms with Crippen LogP contribution in [0.1, 0.15) is 23.9 Å². The first-order valence-electron chi connectivity index (χ1n) is 7.21. The average Bonchev–Trinajstić information content (AvgIpc) is 2.86. The van der Waals surface area contributed by atoms with Crippen LogP contribution in [0.4, 0.5) is 10.5 Å². The Bertz CT molecular complexity index is 651.